The van der Waals surface area contributed by atoms with E-state index in [2.05, 4.69) is 15.9 Å². The van der Waals surface area contributed by atoms with Crippen molar-refractivity contribution in [2.45, 2.75) is 13.8 Å². The summed E-state index contributed by atoms with van der Waals surface area (Å²) in [4.78, 5) is 10.7. The van der Waals surface area contributed by atoms with E-state index in [-0.39, 0.29) is 17.2 Å². The van der Waals surface area contributed by atoms with Crippen molar-refractivity contribution >= 4 is 21.6 Å². The number of methoxy groups -OCH3 is 1. The highest BCUT2D eigenvalue weighted by atomic mass is 79.9. The van der Waals surface area contributed by atoms with E-state index in [1.807, 2.05) is 26.0 Å². The maximum Gasteiger partial charge on any atom is 0.352 e. The van der Waals surface area contributed by atoms with E-state index in [0.29, 0.717) is 5.75 Å². The van der Waals surface area contributed by atoms with Crippen LogP contribution in [0.2, 0.25) is 0 Å². The first-order valence-corrected chi connectivity index (χ1v) is 6.99. The topological polar surface area (TPSA) is 61.6 Å². The van der Waals surface area contributed by atoms with Gasteiger partial charge in [0.05, 0.1) is 12.0 Å². The quantitative estimate of drug-likeness (QED) is 0.587. The molecule has 0 fully saturated rings. The minimum atomic E-state index is -0.507. The predicted molar refractivity (Wildman–Crippen MR) is 83.3 cm³/mol. The molecule has 0 heterocycles. The lowest BCUT2D eigenvalue weighted by Crippen LogP contribution is -1.97. The molecule has 0 aliphatic heterocycles. The van der Waals surface area contributed by atoms with Gasteiger partial charge in [-0.05, 0) is 49.2 Å². The third-order valence-corrected chi connectivity index (χ3v) is 4.25. The molecule has 0 bridgehead atoms. The number of para-hydroxylation sites is 1. The van der Waals surface area contributed by atoms with Crippen molar-refractivity contribution in [1.29, 1.82) is 0 Å². The predicted octanol–water partition coefficient (Wildman–Crippen LogP) is 4.78. The van der Waals surface area contributed by atoms with Crippen molar-refractivity contribution in [2.75, 3.05) is 7.11 Å². The number of hydrogen-bond acceptors (Lipinski definition) is 4. The van der Waals surface area contributed by atoms with Crippen molar-refractivity contribution in [3.8, 4) is 17.2 Å². The Morgan fingerprint density at radius 3 is 2.24 bits per heavy atom. The molecule has 6 heteroatoms. The van der Waals surface area contributed by atoms with Crippen LogP contribution in [0.5, 0.6) is 17.2 Å². The molecular formula is C15H14BrNO4. The Labute approximate surface area is 130 Å². The van der Waals surface area contributed by atoms with Crippen molar-refractivity contribution in [3.63, 3.8) is 0 Å². The lowest BCUT2D eigenvalue weighted by atomic mass is 10.1. The monoisotopic (exact) mass is 351 g/mol. The number of halogens is 1. The first kappa shape index (κ1) is 15.3. The number of ether oxygens (including phenoxy) is 2. The Hall–Kier alpha value is -2.08. The number of nitro benzene ring substituents is 1. The van der Waals surface area contributed by atoms with E-state index < -0.39 is 4.92 Å². The largest absolute Gasteiger partial charge is 0.490 e. The highest BCUT2D eigenvalue weighted by Gasteiger charge is 2.22. The zero-order valence-corrected chi connectivity index (χ0v) is 13.4. The molecule has 0 saturated carbocycles. The molecule has 0 atom stereocenters. The van der Waals surface area contributed by atoms with Gasteiger partial charge < -0.3 is 9.47 Å². The smallest absolute Gasteiger partial charge is 0.352 e. The molecule has 0 amide bonds. The summed E-state index contributed by atoms with van der Waals surface area (Å²) in [5.74, 6) is 0.869. The number of rotatable bonds is 4. The molecule has 0 aromatic heterocycles. The lowest BCUT2D eigenvalue weighted by Gasteiger charge is -2.11. The van der Waals surface area contributed by atoms with Crippen LogP contribution in [0, 0.1) is 24.0 Å². The molecule has 0 spiro atoms. The first-order chi connectivity index (χ1) is 9.93. The molecule has 0 aliphatic rings. The molecule has 21 heavy (non-hydrogen) atoms. The molecule has 0 radical (unpaired) electrons. The zero-order valence-electron chi connectivity index (χ0n) is 11.8. The number of nitrogens with zero attached hydrogens (tertiary/aromatic N) is 1. The number of aryl methyl sites for hydroxylation is 2. The Morgan fingerprint density at radius 2 is 1.71 bits per heavy atom. The number of nitro groups is 1. The van der Waals surface area contributed by atoms with Gasteiger partial charge in [0.1, 0.15) is 5.75 Å². The molecule has 2 rings (SSSR count). The van der Waals surface area contributed by atoms with Gasteiger partial charge in [0, 0.05) is 4.47 Å². The Kier molecular flexibility index (Phi) is 4.47. The van der Waals surface area contributed by atoms with E-state index in [9.17, 15) is 10.1 Å². The van der Waals surface area contributed by atoms with Gasteiger partial charge in [0.15, 0.2) is 0 Å². The fourth-order valence-electron chi connectivity index (χ4n) is 2.02. The fraction of sp³-hybridized carbons (Fsp3) is 0.200. The molecule has 5 nitrogen and oxygen atoms in total. The molecule has 2 aromatic carbocycles. The SMILES string of the molecule is COc1cccc(Oc2cc(C)c(Br)c(C)c2)c1[N+](=O)[O-]. The second-order valence-electron chi connectivity index (χ2n) is 4.54. The van der Waals surface area contributed by atoms with Gasteiger partial charge in [-0.25, -0.2) is 0 Å². The Morgan fingerprint density at radius 1 is 1.14 bits per heavy atom. The van der Waals surface area contributed by atoms with Crippen molar-refractivity contribution < 1.29 is 14.4 Å². The molecule has 0 N–H and O–H groups in total. The highest BCUT2D eigenvalue weighted by molar-refractivity contribution is 9.10. The molecule has 0 aliphatic carbocycles. The van der Waals surface area contributed by atoms with E-state index in [0.717, 1.165) is 15.6 Å². The minimum Gasteiger partial charge on any atom is -0.490 e. The van der Waals surface area contributed by atoms with E-state index in [4.69, 9.17) is 9.47 Å². The van der Waals surface area contributed by atoms with Gasteiger partial charge >= 0.3 is 5.69 Å². The van der Waals surface area contributed by atoms with Crippen LogP contribution in [-0.4, -0.2) is 12.0 Å². The highest BCUT2D eigenvalue weighted by Crippen LogP contribution is 2.39. The van der Waals surface area contributed by atoms with Crippen molar-refractivity contribution in [3.05, 3.63) is 56.0 Å². The van der Waals surface area contributed by atoms with Crippen LogP contribution in [0.25, 0.3) is 0 Å². The summed E-state index contributed by atoms with van der Waals surface area (Å²) in [7, 11) is 1.39. The summed E-state index contributed by atoms with van der Waals surface area (Å²) >= 11 is 3.48. The van der Waals surface area contributed by atoms with Gasteiger partial charge in [-0.15, -0.1) is 0 Å². The zero-order chi connectivity index (χ0) is 15.6. The second-order valence-corrected chi connectivity index (χ2v) is 5.33. The fourth-order valence-corrected chi connectivity index (χ4v) is 2.25. The normalized spacial score (nSPS) is 10.3. The van der Waals surface area contributed by atoms with Gasteiger partial charge in [-0.2, -0.15) is 0 Å². The van der Waals surface area contributed by atoms with Crippen LogP contribution in [0.15, 0.2) is 34.8 Å². The van der Waals surface area contributed by atoms with Crippen molar-refractivity contribution in [1.82, 2.24) is 0 Å². The van der Waals surface area contributed by atoms with E-state index >= 15 is 0 Å². The summed E-state index contributed by atoms with van der Waals surface area (Å²) in [6.45, 7) is 3.87. The molecule has 110 valence electrons. The van der Waals surface area contributed by atoms with Crippen molar-refractivity contribution in [2.24, 2.45) is 0 Å². The average molecular weight is 352 g/mol. The summed E-state index contributed by atoms with van der Waals surface area (Å²) in [5.41, 5.74) is 1.81. The minimum absolute atomic E-state index is 0.153. The summed E-state index contributed by atoms with van der Waals surface area (Å²) in [6.07, 6.45) is 0. The summed E-state index contributed by atoms with van der Waals surface area (Å²) < 4.78 is 11.7. The van der Waals surface area contributed by atoms with Gasteiger partial charge in [-0.1, -0.05) is 22.0 Å². The van der Waals surface area contributed by atoms with Crippen LogP contribution in [0.4, 0.5) is 5.69 Å². The third-order valence-electron chi connectivity index (χ3n) is 3.00. The van der Waals surface area contributed by atoms with Crippen LogP contribution in [-0.2, 0) is 0 Å². The first-order valence-electron chi connectivity index (χ1n) is 6.20. The Bertz CT molecular complexity index is 677. The van der Waals surface area contributed by atoms with Crippen LogP contribution in [0.1, 0.15) is 11.1 Å². The Balaban J connectivity index is 2.47. The maximum atomic E-state index is 11.2. The van der Waals surface area contributed by atoms with E-state index in [1.54, 1.807) is 12.1 Å². The average Bonchev–Trinajstić information content (AvgIpc) is 2.44. The van der Waals surface area contributed by atoms with Crippen LogP contribution < -0.4 is 9.47 Å². The van der Waals surface area contributed by atoms with Gasteiger partial charge in [0.2, 0.25) is 11.5 Å². The number of hydrogen-bond donors (Lipinski definition) is 0. The van der Waals surface area contributed by atoms with Crippen LogP contribution >= 0.6 is 15.9 Å². The standard InChI is InChI=1S/C15H14BrNO4/c1-9-7-11(8-10(2)14(9)16)21-13-6-4-5-12(20-3)15(13)17(18)19/h4-8H,1-3H3. The van der Waals surface area contributed by atoms with Gasteiger partial charge in [-0.3, -0.25) is 10.1 Å². The van der Waals surface area contributed by atoms with E-state index in [1.165, 1.54) is 13.2 Å². The second kappa shape index (κ2) is 6.13. The number of benzene rings is 2. The molecule has 2 aromatic rings. The maximum absolute atomic E-state index is 11.2. The molecule has 0 saturated heterocycles. The summed E-state index contributed by atoms with van der Waals surface area (Å²) in [5, 5.41) is 11.2. The van der Waals surface area contributed by atoms with Crippen LogP contribution in [0.3, 0.4) is 0 Å². The molecule has 0 unspecified atom stereocenters. The molecular weight excluding hydrogens is 338 g/mol. The van der Waals surface area contributed by atoms with Gasteiger partial charge in [0.25, 0.3) is 0 Å². The summed E-state index contributed by atoms with van der Waals surface area (Å²) in [6, 6.07) is 8.37. The third kappa shape index (κ3) is 3.16. The lowest BCUT2D eigenvalue weighted by molar-refractivity contribution is -0.386.